The van der Waals surface area contributed by atoms with E-state index in [0.717, 1.165) is 5.56 Å². The highest BCUT2D eigenvalue weighted by Gasteiger charge is 2.09. The molecule has 5 heteroatoms. The molecule has 1 amide bonds. The molecule has 3 nitrogen and oxygen atoms in total. The van der Waals surface area contributed by atoms with Gasteiger partial charge in [0, 0.05) is 19.4 Å². The topological polar surface area (TPSA) is 46.2 Å². The van der Waals surface area contributed by atoms with E-state index < -0.39 is 0 Å². The molecule has 110 valence electrons. The second kappa shape index (κ2) is 7.69. The predicted octanol–water partition coefficient (Wildman–Crippen LogP) is 3.21. The van der Waals surface area contributed by atoms with Crippen LogP contribution in [0, 0.1) is 5.82 Å². The van der Waals surface area contributed by atoms with Gasteiger partial charge in [-0.1, -0.05) is 18.2 Å². The van der Waals surface area contributed by atoms with Crippen LogP contribution in [0.25, 0.3) is 0 Å². The monoisotopic (exact) mass is 305 g/mol. The van der Waals surface area contributed by atoms with Crippen LogP contribution in [0.4, 0.5) is 4.39 Å². The Bertz CT molecular complexity index is 610. The number of halogens is 1. The van der Waals surface area contributed by atoms with Crippen LogP contribution in [0.2, 0.25) is 0 Å². The fourth-order valence-electron chi connectivity index (χ4n) is 1.91. The molecular formula is C16H16FNO2S. The first kappa shape index (κ1) is 15.4. The summed E-state index contributed by atoms with van der Waals surface area (Å²) in [6.45, 7) is 0.440. The second-order valence-electron chi connectivity index (χ2n) is 4.63. The second-order valence-corrected chi connectivity index (χ2v) is 5.58. The lowest BCUT2D eigenvalue weighted by atomic mass is 10.1. The standard InChI is InChI=1S/C16H16FNO2S/c17-13-4-1-3-12(11-13)8-9-18-16(20)7-6-14(19)15-5-2-10-21-15/h1-5,10-11H,6-9H2,(H,18,20). The van der Waals surface area contributed by atoms with Crippen LogP contribution >= 0.6 is 11.3 Å². The molecule has 1 aromatic carbocycles. The van der Waals surface area contributed by atoms with Crippen LogP contribution in [0.5, 0.6) is 0 Å². The molecule has 2 aromatic rings. The highest BCUT2D eigenvalue weighted by atomic mass is 32.1. The van der Waals surface area contributed by atoms with E-state index in [4.69, 9.17) is 0 Å². The van der Waals surface area contributed by atoms with Gasteiger partial charge in [0.15, 0.2) is 5.78 Å². The first-order chi connectivity index (χ1) is 10.1. The van der Waals surface area contributed by atoms with E-state index >= 15 is 0 Å². The first-order valence-electron chi connectivity index (χ1n) is 6.73. The van der Waals surface area contributed by atoms with E-state index in [1.165, 1.54) is 23.5 Å². The summed E-state index contributed by atoms with van der Waals surface area (Å²) in [6.07, 6.45) is 0.967. The fraction of sp³-hybridized carbons (Fsp3) is 0.250. The number of Topliss-reactive ketones (excluding diaryl/α,β-unsaturated/α-hetero) is 1. The molecule has 0 saturated carbocycles. The number of benzene rings is 1. The lowest BCUT2D eigenvalue weighted by Crippen LogP contribution is -2.26. The average molecular weight is 305 g/mol. The molecule has 2 rings (SSSR count). The van der Waals surface area contributed by atoms with Crippen LogP contribution in [-0.2, 0) is 11.2 Å². The van der Waals surface area contributed by atoms with Gasteiger partial charge >= 0.3 is 0 Å². The van der Waals surface area contributed by atoms with Crippen molar-refractivity contribution in [3.8, 4) is 0 Å². The van der Waals surface area contributed by atoms with Gasteiger partial charge in [-0.15, -0.1) is 11.3 Å². The number of hydrogen-bond donors (Lipinski definition) is 1. The number of amides is 1. The maximum Gasteiger partial charge on any atom is 0.220 e. The number of carbonyl (C=O) groups is 2. The summed E-state index contributed by atoms with van der Waals surface area (Å²) in [5, 5.41) is 4.58. The van der Waals surface area contributed by atoms with Crippen molar-refractivity contribution in [2.24, 2.45) is 0 Å². The molecule has 0 aliphatic rings. The molecule has 1 heterocycles. The lowest BCUT2D eigenvalue weighted by molar-refractivity contribution is -0.121. The third-order valence-electron chi connectivity index (χ3n) is 3.00. The summed E-state index contributed by atoms with van der Waals surface area (Å²) in [7, 11) is 0. The Hall–Kier alpha value is -2.01. The SMILES string of the molecule is O=C(CCC(=O)c1cccs1)NCCc1cccc(F)c1. The lowest BCUT2D eigenvalue weighted by Gasteiger charge is -2.05. The number of thiophene rings is 1. The minimum Gasteiger partial charge on any atom is -0.356 e. The van der Waals surface area contributed by atoms with Crippen molar-refractivity contribution < 1.29 is 14.0 Å². The highest BCUT2D eigenvalue weighted by Crippen LogP contribution is 2.12. The zero-order valence-corrected chi connectivity index (χ0v) is 12.3. The Morgan fingerprint density at radius 3 is 2.71 bits per heavy atom. The molecule has 0 aliphatic carbocycles. The van der Waals surface area contributed by atoms with Crippen molar-refractivity contribution in [3.63, 3.8) is 0 Å². The molecule has 0 atom stereocenters. The summed E-state index contributed by atoms with van der Waals surface area (Å²) in [5.74, 6) is -0.443. The summed E-state index contributed by atoms with van der Waals surface area (Å²) in [4.78, 5) is 24.1. The van der Waals surface area contributed by atoms with Gasteiger partial charge in [0.1, 0.15) is 5.82 Å². The summed E-state index contributed by atoms with van der Waals surface area (Å²) < 4.78 is 13.0. The molecule has 0 fully saturated rings. The molecule has 1 N–H and O–H groups in total. The normalized spacial score (nSPS) is 10.3. The molecule has 21 heavy (non-hydrogen) atoms. The van der Waals surface area contributed by atoms with E-state index in [1.807, 2.05) is 17.5 Å². The predicted molar refractivity (Wildman–Crippen MR) is 81.0 cm³/mol. The van der Waals surface area contributed by atoms with Gasteiger partial charge in [-0.05, 0) is 35.6 Å². The van der Waals surface area contributed by atoms with Crippen LogP contribution < -0.4 is 5.32 Å². The minimum absolute atomic E-state index is 0.00900. The van der Waals surface area contributed by atoms with Crippen molar-refractivity contribution in [1.82, 2.24) is 5.32 Å². The fourth-order valence-corrected chi connectivity index (χ4v) is 2.61. The summed E-state index contributed by atoms with van der Waals surface area (Å²) in [6, 6.07) is 9.87. The van der Waals surface area contributed by atoms with E-state index in [0.29, 0.717) is 17.8 Å². The van der Waals surface area contributed by atoms with Crippen LogP contribution in [0.3, 0.4) is 0 Å². The molecule has 0 bridgehead atoms. The third kappa shape index (κ3) is 5.11. The Morgan fingerprint density at radius 1 is 1.14 bits per heavy atom. The molecule has 0 unspecified atom stereocenters. The van der Waals surface area contributed by atoms with Crippen molar-refractivity contribution >= 4 is 23.0 Å². The molecule has 0 radical (unpaired) electrons. The van der Waals surface area contributed by atoms with E-state index in [2.05, 4.69) is 5.32 Å². The van der Waals surface area contributed by atoms with Gasteiger partial charge in [0.25, 0.3) is 0 Å². The van der Waals surface area contributed by atoms with Crippen LogP contribution in [0.15, 0.2) is 41.8 Å². The molecule has 0 spiro atoms. The average Bonchev–Trinajstić information content (AvgIpc) is 2.99. The van der Waals surface area contributed by atoms with Crippen molar-refractivity contribution in [1.29, 1.82) is 0 Å². The first-order valence-corrected chi connectivity index (χ1v) is 7.61. The smallest absolute Gasteiger partial charge is 0.220 e. The van der Waals surface area contributed by atoms with Crippen molar-refractivity contribution in [2.45, 2.75) is 19.3 Å². The van der Waals surface area contributed by atoms with E-state index in [-0.39, 0.29) is 30.3 Å². The largest absolute Gasteiger partial charge is 0.356 e. The van der Waals surface area contributed by atoms with Crippen molar-refractivity contribution in [3.05, 3.63) is 58.0 Å². The van der Waals surface area contributed by atoms with Crippen molar-refractivity contribution in [2.75, 3.05) is 6.54 Å². The van der Waals surface area contributed by atoms with Gasteiger partial charge in [-0.2, -0.15) is 0 Å². The number of carbonyl (C=O) groups excluding carboxylic acids is 2. The van der Waals surface area contributed by atoms with E-state index in [1.54, 1.807) is 12.1 Å². The van der Waals surface area contributed by atoms with Gasteiger partial charge in [0.05, 0.1) is 4.88 Å². The Kier molecular flexibility index (Phi) is 5.63. The summed E-state index contributed by atoms with van der Waals surface area (Å²) in [5.41, 5.74) is 0.838. The maximum absolute atomic E-state index is 13.0. The summed E-state index contributed by atoms with van der Waals surface area (Å²) >= 11 is 1.38. The number of hydrogen-bond acceptors (Lipinski definition) is 3. The van der Waals surface area contributed by atoms with Gasteiger partial charge in [0.2, 0.25) is 5.91 Å². The Balaban J connectivity index is 1.67. The van der Waals surface area contributed by atoms with Gasteiger partial charge < -0.3 is 5.32 Å². The van der Waals surface area contributed by atoms with Gasteiger partial charge in [-0.25, -0.2) is 4.39 Å². The minimum atomic E-state index is -0.277. The van der Waals surface area contributed by atoms with Gasteiger partial charge in [-0.3, -0.25) is 9.59 Å². The molecular weight excluding hydrogens is 289 g/mol. The maximum atomic E-state index is 13.0. The highest BCUT2D eigenvalue weighted by molar-refractivity contribution is 7.12. The number of ketones is 1. The Morgan fingerprint density at radius 2 is 2.00 bits per heavy atom. The Labute approximate surface area is 126 Å². The van der Waals surface area contributed by atoms with E-state index in [9.17, 15) is 14.0 Å². The third-order valence-corrected chi connectivity index (χ3v) is 3.91. The number of nitrogens with one attached hydrogen (secondary N) is 1. The molecule has 0 aliphatic heterocycles. The molecule has 1 aromatic heterocycles. The van der Waals surface area contributed by atoms with Crippen LogP contribution in [-0.4, -0.2) is 18.2 Å². The number of rotatable bonds is 7. The quantitative estimate of drug-likeness (QED) is 0.798. The zero-order valence-electron chi connectivity index (χ0n) is 11.5. The zero-order chi connectivity index (χ0) is 15.1. The van der Waals surface area contributed by atoms with Crippen LogP contribution in [0.1, 0.15) is 28.1 Å². The molecule has 0 saturated heterocycles.